The van der Waals surface area contributed by atoms with Gasteiger partial charge in [-0.15, -0.1) is 0 Å². The number of thioether (sulfide) groups is 1. The number of aliphatic hydroxyl groups is 1. The third-order valence-corrected chi connectivity index (χ3v) is 6.12. The van der Waals surface area contributed by atoms with E-state index in [4.69, 9.17) is 5.11 Å². The summed E-state index contributed by atoms with van der Waals surface area (Å²) >= 11 is 1.52. The maximum absolute atomic E-state index is 9.16. The van der Waals surface area contributed by atoms with E-state index in [1.54, 1.807) is 11.8 Å². The van der Waals surface area contributed by atoms with E-state index in [-0.39, 0.29) is 27.5 Å². The predicted octanol–water partition coefficient (Wildman–Crippen LogP) is 1.99. The van der Waals surface area contributed by atoms with Crippen LogP contribution in [0.1, 0.15) is 13.3 Å². The van der Waals surface area contributed by atoms with E-state index in [0.717, 1.165) is 17.1 Å². The SMILES string of the molecule is CCCS/C(=C\[Te]c1ccccc1)CO. The van der Waals surface area contributed by atoms with Gasteiger partial charge in [0.2, 0.25) is 0 Å². The van der Waals surface area contributed by atoms with Crippen molar-refractivity contribution < 1.29 is 5.11 Å². The van der Waals surface area contributed by atoms with Gasteiger partial charge in [0.05, 0.1) is 0 Å². The molecule has 1 rings (SSSR count). The molecule has 0 heterocycles. The van der Waals surface area contributed by atoms with E-state index in [0.29, 0.717) is 0 Å². The molecule has 1 N–H and O–H groups in total. The molecule has 1 aromatic carbocycles. The van der Waals surface area contributed by atoms with Crippen LogP contribution in [0.25, 0.3) is 0 Å². The summed E-state index contributed by atoms with van der Waals surface area (Å²) in [5.74, 6) is 1.11. The monoisotopic (exact) mass is 338 g/mol. The Morgan fingerprint density at radius 1 is 1.40 bits per heavy atom. The van der Waals surface area contributed by atoms with Crippen molar-refractivity contribution in [2.75, 3.05) is 12.4 Å². The van der Waals surface area contributed by atoms with Gasteiger partial charge in [0.15, 0.2) is 0 Å². The van der Waals surface area contributed by atoms with Crippen LogP contribution in [0, 0.1) is 0 Å². The molecule has 15 heavy (non-hydrogen) atoms. The number of benzene rings is 1. The Labute approximate surface area is 106 Å². The van der Waals surface area contributed by atoms with Gasteiger partial charge < -0.3 is 0 Å². The molecular weight excluding hydrogens is 320 g/mol. The predicted molar refractivity (Wildman–Crippen MR) is 69.7 cm³/mol. The van der Waals surface area contributed by atoms with Gasteiger partial charge in [-0.2, -0.15) is 0 Å². The normalized spacial score (nSPS) is 11.7. The van der Waals surface area contributed by atoms with Crippen LogP contribution in [0.5, 0.6) is 0 Å². The Hall–Kier alpha value is 0.0596. The van der Waals surface area contributed by atoms with Crippen LogP contribution in [0.15, 0.2) is 39.4 Å². The van der Waals surface area contributed by atoms with Gasteiger partial charge in [0.25, 0.3) is 0 Å². The van der Waals surface area contributed by atoms with Crippen molar-refractivity contribution in [1.82, 2.24) is 0 Å². The Morgan fingerprint density at radius 3 is 2.73 bits per heavy atom. The summed E-state index contributed by atoms with van der Waals surface area (Å²) in [6.45, 7) is 2.36. The maximum atomic E-state index is 9.16. The second-order valence-electron chi connectivity index (χ2n) is 3.02. The third-order valence-electron chi connectivity index (χ3n) is 1.72. The molecule has 0 amide bonds. The van der Waals surface area contributed by atoms with Gasteiger partial charge >= 0.3 is 106 Å². The van der Waals surface area contributed by atoms with Crippen LogP contribution in [0.3, 0.4) is 0 Å². The van der Waals surface area contributed by atoms with Crippen molar-refractivity contribution in [3.63, 3.8) is 0 Å². The zero-order valence-electron chi connectivity index (χ0n) is 8.85. The van der Waals surface area contributed by atoms with E-state index >= 15 is 0 Å². The molecule has 0 aliphatic rings. The quantitative estimate of drug-likeness (QED) is 0.802. The molecule has 1 nitrogen and oxygen atoms in total. The molecule has 0 aliphatic heterocycles. The Bertz CT molecular complexity index is 298. The number of hydrogen-bond donors (Lipinski definition) is 1. The fraction of sp³-hybridized carbons (Fsp3) is 0.333. The van der Waals surface area contributed by atoms with Gasteiger partial charge in [-0.25, -0.2) is 0 Å². The summed E-state index contributed by atoms with van der Waals surface area (Å²) in [5, 5.41) is 9.16. The van der Waals surface area contributed by atoms with Gasteiger partial charge in [-0.3, -0.25) is 0 Å². The van der Waals surface area contributed by atoms with Crippen molar-refractivity contribution in [2.45, 2.75) is 13.3 Å². The Balaban J connectivity index is 2.47. The van der Waals surface area contributed by atoms with Crippen molar-refractivity contribution in [3.05, 3.63) is 39.4 Å². The van der Waals surface area contributed by atoms with E-state index in [1.165, 1.54) is 3.61 Å². The number of aliphatic hydroxyl groups excluding tert-OH is 1. The average Bonchev–Trinajstić information content (AvgIpc) is 2.31. The number of hydrogen-bond acceptors (Lipinski definition) is 2. The van der Waals surface area contributed by atoms with Gasteiger partial charge in [0.1, 0.15) is 0 Å². The Morgan fingerprint density at radius 2 is 2.13 bits per heavy atom. The minimum absolute atomic E-state index is 0.197. The molecule has 0 radical (unpaired) electrons. The first kappa shape index (κ1) is 13.1. The molecule has 0 saturated carbocycles. The average molecular weight is 336 g/mol. The summed E-state index contributed by atoms with van der Waals surface area (Å²) in [4.78, 5) is 1.14. The second kappa shape index (κ2) is 8.24. The first-order chi connectivity index (χ1) is 7.36. The summed E-state index contributed by atoms with van der Waals surface area (Å²) in [7, 11) is 0. The molecule has 1 aromatic rings. The van der Waals surface area contributed by atoms with Crippen molar-refractivity contribution in [1.29, 1.82) is 0 Å². The zero-order valence-corrected chi connectivity index (χ0v) is 12.0. The molecule has 0 fully saturated rings. The molecule has 0 aliphatic carbocycles. The molecule has 0 aromatic heterocycles. The number of rotatable bonds is 6. The van der Waals surface area contributed by atoms with E-state index in [1.807, 2.05) is 6.07 Å². The van der Waals surface area contributed by atoms with Gasteiger partial charge in [0, 0.05) is 0 Å². The minimum atomic E-state index is -0.261. The Kier molecular flexibility index (Phi) is 7.21. The fourth-order valence-corrected chi connectivity index (χ4v) is 4.39. The summed E-state index contributed by atoms with van der Waals surface area (Å²) in [5.41, 5.74) is 0. The molecule has 0 bridgehead atoms. The van der Waals surface area contributed by atoms with Crippen LogP contribution >= 0.6 is 11.8 Å². The van der Waals surface area contributed by atoms with E-state index < -0.39 is 0 Å². The van der Waals surface area contributed by atoms with Crippen LogP contribution in [0.4, 0.5) is 0 Å². The molecule has 0 atom stereocenters. The molecule has 82 valence electrons. The van der Waals surface area contributed by atoms with Crippen molar-refractivity contribution in [3.8, 4) is 0 Å². The summed E-state index contributed by atoms with van der Waals surface area (Å²) in [6, 6.07) is 10.5. The first-order valence-corrected chi connectivity index (χ1v) is 8.51. The third kappa shape index (κ3) is 5.63. The van der Waals surface area contributed by atoms with Crippen LogP contribution in [-0.2, 0) is 0 Å². The molecule has 0 unspecified atom stereocenters. The standard InChI is InChI=1S/C12H16OSTe/c1-2-8-14-11(9-13)10-15-12-6-4-3-5-7-12/h3-7,10,13H,2,8-9H2,1H3/b11-10-. The van der Waals surface area contributed by atoms with Crippen molar-refractivity contribution >= 4 is 36.3 Å². The molecular formula is C12H16OSTe. The summed E-state index contributed by atoms with van der Waals surface area (Å²) in [6.07, 6.45) is 1.16. The zero-order chi connectivity index (χ0) is 10.9. The molecule has 0 saturated heterocycles. The van der Waals surface area contributed by atoms with Gasteiger partial charge in [-0.1, -0.05) is 0 Å². The topological polar surface area (TPSA) is 20.2 Å². The van der Waals surface area contributed by atoms with E-state index in [9.17, 15) is 0 Å². The van der Waals surface area contributed by atoms with Crippen LogP contribution in [0.2, 0.25) is 0 Å². The second-order valence-corrected chi connectivity index (χ2v) is 6.93. The van der Waals surface area contributed by atoms with Crippen LogP contribution < -0.4 is 3.61 Å². The fourth-order valence-electron chi connectivity index (χ4n) is 0.983. The first-order valence-electron chi connectivity index (χ1n) is 5.01. The summed E-state index contributed by atoms with van der Waals surface area (Å²) < 4.78 is 3.67. The molecule has 3 heteroatoms. The van der Waals surface area contributed by atoms with Gasteiger partial charge in [-0.05, 0) is 0 Å². The van der Waals surface area contributed by atoms with Crippen molar-refractivity contribution in [2.24, 2.45) is 0 Å². The molecule has 0 spiro atoms. The van der Waals surface area contributed by atoms with Crippen LogP contribution in [-0.4, -0.2) is 38.4 Å². The van der Waals surface area contributed by atoms with E-state index in [2.05, 4.69) is 35.3 Å².